The highest BCUT2D eigenvalue weighted by Gasteiger charge is 2.36. The number of benzene rings is 2. The number of hydrogen-bond donors (Lipinski definition) is 4. The molecule has 1 atom stereocenters. The molecule has 5 rings (SSSR count). The van der Waals surface area contributed by atoms with Crippen LogP contribution in [0.5, 0.6) is 0 Å². The molecule has 11 heteroatoms. The maximum atomic E-state index is 13.5. The summed E-state index contributed by atoms with van der Waals surface area (Å²) in [5.41, 5.74) is 12.6. The number of nitrogens with one attached hydrogen (secondary N) is 3. The van der Waals surface area contributed by atoms with Gasteiger partial charge in [0.1, 0.15) is 12.3 Å². The molecule has 10 nitrogen and oxygen atoms in total. The number of nitrogens with zero attached hydrogens (tertiary/aromatic N) is 3. The van der Waals surface area contributed by atoms with Crippen molar-refractivity contribution in [3.05, 3.63) is 101 Å². The van der Waals surface area contributed by atoms with Crippen molar-refractivity contribution >= 4 is 29.4 Å². The van der Waals surface area contributed by atoms with Crippen molar-refractivity contribution in [3.8, 4) is 11.3 Å². The summed E-state index contributed by atoms with van der Waals surface area (Å²) in [5.74, 6) is -0.140. The van der Waals surface area contributed by atoms with Gasteiger partial charge in [0.05, 0.1) is 28.8 Å². The first-order valence-electron chi connectivity index (χ1n) is 12.1. The molecule has 1 aromatic heterocycles. The van der Waals surface area contributed by atoms with E-state index in [9.17, 15) is 9.59 Å². The van der Waals surface area contributed by atoms with Crippen molar-refractivity contribution in [2.45, 2.75) is 25.6 Å². The average Bonchev–Trinajstić information content (AvgIpc) is 3.27. The van der Waals surface area contributed by atoms with Crippen molar-refractivity contribution < 1.29 is 14.4 Å². The van der Waals surface area contributed by atoms with Crippen LogP contribution in [-0.4, -0.2) is 39.3 Å². The first-order chi connectivity index (χ1) is 18.5. The van der Waals surface area contributed by atoms with Crippen molar-refractivity contribution in [1.82, 2.24) is 25.7 Å². The maximum Gasteiger partial charge on any atom is 0.255 e. The molecule has 2 aromatic carbocycles. The lowest BCUT2D eigenvalue weighted by molar-refractivity contribution is -0.126. The second-order valence-electron chi connectivity index (χ2n) is 8.75. The molecule has 0 fully saturated rings. The lowest BCUT2D eigenvalue weighted by atomic mass is 10.0. The van der Waals surface area contributed by atoms with Crippen LogP contribution in [0.25, 0.3) is 11.3 Å². The Morgan fingerprint density at radius 3 is 2.84 bits per heavy atom. The average molecular weight is 532 g/mol. The predicted molar refractivity (Wildman–Crippen MR) is 143 cm³/mol. The van der Waals surface area contributed by atoms with Crippen LogP contribution in [0.3, 0.4) is 0 Å². The molecule has 0 radical (unpaired) electrons. The summed E-state index contributed by atoms with van der Waals surface area (Å²) in [7, 11) is 0. The molecule has 194 valence electrons. The number of carbonyl (C=O) groups excluding carboxylic acids is 2. The van der Waals surface area contributed by atoms with E-state index in [2.05, 4.69) is 26.1 Å². The Bertz CT molecular complexity index is 1410. The Labute approximate surface area is 224 Å². The van der Waals surface area contributed by atoms with Crippen LogP contribution in [-0.2, 0) is 22.7 Å². The minimum atomic E-state index is -0.681. The first-order valence-corrected chi connectivity index (χ1v) is 12.4. The first kappa shape index (κ1) is 25.2. The molecule has 0 saturated carbocycles. The lowest BCUT2D eigenvalue weighted by Crippen LogP contribution is -2.47. The normalized spacial score (nSPS) is 14.7. The highest BCUT2D eigenvalue weighted by molar-refractivity contribution is 6.33. The standard InChI is InChI=1S/C27H26ClN7O3/c28-22-15-31-27(33-20-9-11-38-32-14-20)34-24(22)18-6-7-19-16-35(26(37)21(19)12-18)23(8-10-29)25(36)30-13-17-4-2-1-3-5-17/h1-7,9,11-12,14-15,23,32H,8,10,13,16,29H2,(H,30,36)(H,31,33,34). The summed E-state index contributed by atoms with van der Waals surface area (Å²) in [6.07, 6.45) is 6.67. The van der Waals surface area contributed by atoms with E-state index < -0.39 is 6.04 Å². The van der Waals surface area contributed by atoms with Crippen molar-refractivity contribution in [3.63, 3.8) is 0 Å². The van der Waals surface area contributed by atoms with Gasteiger partial charge in [-0.15, -0.1) is 0 Å². The predicted octanol–water partition coefficient (Wildman–Crippen LogP) is 3.09. The van der Waals surface area contributed by atoms with Crippen molar-refractivity contribution in [2.24, 2.45) is 5.73 Å². The van der Waals surface area contributed by atoms with E-state index in [-0.39, 0.29) is 18.4 Å². The molecule has 3 heterocycles. The SMILES string of the molecule is NCCC(C(=O)NCc1ccccc1)N1Cc2ccc(-c3nc(NC4=CNOC=C4)ncc3Cl)cc2C1=O. The third kappa shape index (κ3) is 5.46. The van der Waals surface area contributed by atoms with Gasteiger partial charge in [-0.1, -0.05) is 54.1 Å². The summed E-state index contributed by atoms with van der Waals surface area (Å²) in [6.45, 7) is 0.963. The smallest absolute Gasteiger partial charge is 0.255 e. The fraction of sp³-hybridized carbons (Fsp3) is 0.185. The van der Waals surface area contributed by atoms with Gasteiger partial charge >= 0.3 is 0 Å². The zero-order valence-electron chi connectivity index (χ0n) is 20.4. The molecular formula is C27H26ClN7O3. The molecule has 0 saturated heterocycles. The van der Waals surface area contributed by atoms with Crippen molar-refractivity contribution in [2.75, 3.05) is 11.9 Å². The Hall–Kier alpha value is -4.41. The molecule has 2 aliphatic rings. The number of allylic oxidation sites excluding steroid dienone is 1. The molecular weight excluding hydrogens is 506 g/mol. The highest BCUT2D eigenvalue weighted by atomic mass is 35.5. The number of rotatable bonds is 9. The van der Waals surface area contributed by atoms with E-state index in [1.165, 1.54) is 12.5 Å². The molecule has 38 heavy (non-hydrogen) atoms. The Balaban J connectivity index is 1.35. The van der Waals surface area contributed by atoms with Gasteiger partial charge in [0, 0.05) is 30.3 Å². The van der Waals surface area contributed by atoms with Crippen molar-refractivity contribution in [1.29, 1.82) is 0 Å². The van der Waals surface area contributed by atoms with Gasteiger partial charge in [0.25, 0.3) is 5.91 Å². The van der Waals surface area contributed by atoms with E-state index in [1.54, 1.807) is 23.2 Å². The molecule has 1 unspecified atom stereocenters. The fourth-order valence-corrected chi connectivity index (χ4v) is 4.54. The Kier molecular flexibility index (Phi) is 7.52. The number of carbonyl (C=O) groups is 2. The van der Waals surface area contributed by atoms with E-state index in [4.69, 9.17) is 22.2 Å². The number of anilines is 1. The second-order valence-corrected chi connectivity index (χ2v) is 9.16. The number of halogens is 1. The van der Waals surface area contributed by atoms with E-state index in [0.29, 0.717) is 53.0 Å². The van der Waals surface area contributed by atoms with Gasteiger partial charge in [-0.3, -0.25) is 9.59 Å². The van der Waals surface area contributed by atoms with Gasteiger partial charge < -0.3 is 26.1 Å². The van der Waals surface area contributed by atoms with Gasteiger partial charge in [-0.2, -0.15) is 0 Å². The van der Waals surface area contributed by atoms with E-state index in [0.717, 1.165) is 11.1 Å². The third-order valence-electron chi connectivity index (χ3n) is 6.24. The highest BCUT2D eigenvalue weighted by Crippen LogP contribution is 2.32. The molecule has 0 spiro atoms. The summed E-state index contributed by atoms with van der Waals surface area (Å²) in [4.78, 5) is 41.9. The van der Waals surface area contributed by atoms with Gasteiger partial charge in [-0.05, 0) is 30.2 Å². The molecule has 5 N–H and O–H groups in total. The summed E-state index contributed by atoms with van der Waals surface area (Å²) < 4.78 is 0. The summed E-state index contributed by atoms with van der Waals surface area (Å²) in [6, 6.07) is 14.4. The van der Waals surface area contributed by atoms with Gasteiger partial charge in [0.15, 0.2) is 0 Å². The maximum absolute atomic E-state index is 13.5. The monoisotopic (exact) mass is 531 g/mol. The van der Waals surface area contributed by atoms with Crippen LogP contribution in [0.2, 0.25) is 5.02 Å². The Morgan fingerprint density at radius 1 is 1.24 bits per heavy atom. The van der Waals surface area contributed by atoms with Crippen LogP contribution in [0, 0.1) is 0 Å². The topological polar surface area (TPSA) is 134 Å². The number of hydrogen-bond acceptors (Lipinski definition) is 8. The van der Waals surface area contributed by atoms with Crippen LogP contribution < -0.4 is 21.8 Å². The van der Waals surface area contributed by atoms with Crippen LogP contribution in [0.1, 0.15) is 27.9 Å². The molecule has 0 aliphatic carbocycles. The number of nitrogens with two attached hydrogens (primary N) is 1. The fourth-order valence-electron chi connectivity index (χ4n) is 4.34. The summed E-state index contributed by atoms with van der Waals surface area (Å²) >= 11 is 6.43. The van der Waals surface area contributed by atoms with Crippen LogP contribution in [0.4, 0.5) is 5.95 Å². The minimum absolute atomic E-state index is 0.234. The largest absolute Gasteiger partial charge is 0.390 e. The van der Waals surface area contributed by atoms with Gasteiger partial charge in [0.2, 0.25) is 11.9 Å². The van der Waals surface area contributed by atoms with Crippen LogP contribution >= 0.6 is 11.6 Å². The Morgan fingerprint density at radius 2 is 2.08 bits per heavy atom. The summed E-state index contributed by atoms with van der Waals surface area (Å²) in [5, 5.41) is 6.35. The number of amides is 2. The zero-order chi connectivity index (χ0) is 26.5. The molecule has 3 aromatic rings. The van der Waals surface area contributed by atoms with Gasteiger partial charge in [-0.25, -0.2) is 15.4 Å². The molecule has 0 bridgehead atoms. The molecule has 2 amide bonds. The third-order valence-corrected chi connectivity index (χ3v) is 6.52. The van der Waals surface area contributed by atoms with Crippen LogP contribution in [0.15, 0.2) is 79.0 Å². The number of aromatic nitrogens is 2. The zero-order valence-corrected chi connectivity index (χ0v) is 21.1. The van der Waals surface area contributed by atoms with E-state index in [1.807, 2.05) is 42.5 Å². The lowest BCUT2D eigenvalue weighted by Gasteiger charge is -2.26. The quantitative estimate of drug-likeness (QED) is 0.331. The van der Waals surface area contributed by atoms with E-state index >= 15 is 0 Å². The minimum Gasteiger partial charge on any atom is -0.390 e. The molecule has 2 aliphatic heterocycles. The number of hydroxylamine groups is 1. The number of fused-ring (bicyclic) bond motifs is 1. The second kappa shape index (κ2) is 11.3.